The van der Waals surface area contributed by atoms with Crippen LogP contribution in [0.3, 0.4) is 0 Å². The van der Waals surface area contributed by atoms with Gasteiger partial charge in [-0.25, -0.2) is 0 Å². The molecule has 7 nitrogen and oxygen atoms in total. The predicted octanol–water partition coefficient (Wildman–Crippen LogP) is 4.07. The van der Waals surface area contributed by atoms with Crippen molar-refractivity contribution in [1.29, 1.82) is 0 Å². The number of fused-ring (bicyclic) bond motifs is 9. The largest absolute Gasteiger partial charge is 0.481 e. The fourth-order valence-corrected chi connectivity index (χ4v) is 10.1. The van der Waals surface area contributed by atoms with E-state index in [4.69, 9.17) is 5.11 Å². The maximum absolute atomic E-state index is 13.5. The molecule has 1 aromatic carbocycles. The van der Waals surface area contributed by atoms with Crippen molar-refractivity contribution in [2.24, 2.45) is 29.6 Å². The number of carbonyl (C=O) groups is 3. The molecule has 1 saturated heterocycles. The number of nitrogens with one attached hydrogen (secondary N) is 1. The van der Waals surface area contributed by atoms with Crippen molar-refractivity contribution in [3.05, 3.63) is 49.9 Å². The summed E-state index contributed by atoms with van der Waals surface area (Å²) in [6.45, 7) is 6.74. The summed E-state index contributed by atoms with van der Waals surface area (Å²) < 4.78 is 0. The van der Waals surface area contributed by atoms with Crippen LogP contribution >= 0.6 is 23.1 Å². The van der Waals surface area contributed by atoms with Crippen LogP contribution in [0.2, 0.25) is 0 Å². The quantitative estimate of drug-likeness (QED) is 0.569. The fraction of sp³-hybridized carbons (Fsp3) is 0.556. The summed E-state index contributed by atoms with van der Waals surface area (Å²) in [5.74, 6) is -1.46. The van der Waals surface area contributed by atoms with Crippen molar-refractivity contribution in [1.82, 2.24) is 9.88 Å². The lowest BCUT2D eigenvalue weighted by Crippen LogP contribution is -2.42. The smallest absolute Gasteiger partial charge is 0.305 e. The number of thiazole rings is 1. The minimum atomic E-state index is -0.919. The predicted molar refractivity (Wildman–Crippen MR) is 137 cm³/mol. The van der Waals surface area contributed by atoms with Crippen LogP contribution in [0.1, 0.15) is 62.0 Å². The lowest BCUT2D eigenvalue weighted by molar-refractivity contribution is -0.142. The molecule has 4 aliphatic rings. The highest BCUT2D eigenvalue weighted by Crippen LogP contribution is 2.68. The van der Waals surface area contributed by atoms with Crippen molar-refractivity contribution in [3.8, 4) is 0 Å². The highest BCUT2D eigenvalue weighted by Gasteiger charge is 2.69. The zero-order valence-corrected chi connectivity index (χ0v) is 22.2. The van der Waals surface area contributed by atoms with E-state index in [-0.39, 0.29) is 82.2 Å². The fourth-order valence-electron chi connectivity index (χ4n) is 7.25. The lowest BCUT2D eigenvalue weighted by Gasteiger charge is -2.43. The van der Waals surface area contributed by atoms with Crippen LogP contribution < -0.4 is 4.87 Å². The van der Waals surface area contributed by atoms with E-state index in [0.29, 0.717) is 0 Å². The molecule has 36 heavy (non-hydrogen) atoms. The van der Waals surface area contributed by atoms with Gasteiger partial charge in [0.25, 0.3) is 0 Å². The first-order chi connectivity index (χ1) is 17.1. The summed E-state index contributed by atoms with van der Waals surface area (Å²) in [7, 11) is 0. The van der Waals surface area contributed by atoms with Crippen LogP contribution in [0.4, 0.5) is 0 Å². The highest BCUT2D eigenvalue weighted by atomic mass is 32.2. The van der Waals surface area contributed by atoms with E-state index in [1.54, 1.807) is 11.8 Å². The summed E-state index contributed by atoms with van der Waals surface area (Å²) in [5.41, 5.74) is 2.44. The molecule has 3 fully saturated rings. The zero-order chi connectivity index (χ0) is 25.5. The normalized spacial score (nSPS) is 32.5. The van der Waals surface area contributed by atoms with Gasteiger partial charge < -0.3 is 10.1 Å². The summed E-state index contributed by atoms with van der Waals surface area (Å²) in [5, 5.41) is 10.1. The third-order valence-electron chi connectivity index (χ3n) is 8.72. The topological polar surface area (TPSA) is 108 Å². The van der Waals surface area contributed by atoms with E-state index in [2.05, 4.69) is 50.0 Å². The van der Waals surface area contributed by atoms with Crippen LogP contribution in [0.5, 0.6) is 0 Å². The van der Waals surface area contributed by atoms with E-state index in [9.17, 15) is 19.2 Å². The SMILES string of the molecule is CC(C)(C)c1ccc([C@H]2c3sc(=O)[nH]c3S[C@H]3[C@@H]4C[C@H]([C@H]5C(=O)N(CCCC(=O)O)C(=O)[C@H]45)[C@H]23)cc1. The van der Waals surface area contributed by atoms with Gasteiger partial charge in [0.05, 0.1) is 16.9 Å². The Labute approximate surface area is 217 Å². The van der Waals surface area contributed by atoms with Gasteiger partial charge in [0.15, 0.2) is 0 Å². The van der Waals surface area contributed by atoms with Crippen molar-refractivity contribution >= 4 is 40.9 Å². The van der Waals surface area contributed by atoms with Crippen molar-refractivity contribution in [2.75, 3.05) is 6.54 Å². The van der Waals surface area contributed by atoms with E-state index < -0.39 is 5.97 Å². The molecule has 1 aromatic heterocycles. The first-order valence-corrected chi connectivity index (χ1v) is 14.3. The molecule has 2 aliphatic heterocycles. The Morgan fingerprint density at radius 2 is 1.75 bits per heavy atom. The molecule has 190 valence electrons. The molecule has 7 atom stereocenters. The third kappa shape index (κ3) is 3.53. The number of aromatic nitrogens is 1. The van der Waals surface area contributed by atoms with Crippen molar-refractivity contribution < 1.29 is 19.5 Å². The van der Waals surface area contributed by atoms with Gasteiger partial charge in [0.2, 0.25) is 11.8 Å². The first kappa shape index (κ1) is 24.0. The number of likely N-dealkylation sites (tertiary alicyclic amines) is 1. The lowest BCUT2D eigenvalue weighted by atomic mass is 9.68. The summed E-state index contributed by atoms with van der Waals surface area (Å²) >= 11 is 2.96. The van der Waals surface area contributed by atoms with Crippen LogP contribution in [0.25, 0.3) is 0 Å². The second-order valence-electron chi connectivity index (χ2n) is 11.7. The molecular formula is C27H30N2O5S2. The molecular weight excluding hydrogens is 496 g/mol. The third-order valence-corrected chi connectivity index (χ3v) is 11.3. The highest BCUT2D eigenvalue weighted by molar-refractivity contribution is 8.00. The van der Waals surface area contributed by atoms with Crippen LogP contribution in [-0.4, -0.2) is 44.6 Å². The molecule has 3 heterocycles. The van der Waals surface area contributed by atoms with Crippen LogP contribution in [-0.2, 0) is 19.8 Å². The average Bonchev–Trinajstić information content (AvgIpc) is 3.53. The average molecular weight is 527 g/mol. The Bertz CT molecular complexity index is 1310. The van der Waals surface area contributed by atoms with Crippen molar-refractivity contribution in [3.63, 3.8) is 0 Å². The van der Waals surface area contributed by atoms with E-state index >= 15 is 0 Å². The van der Waals surface area contributed by atoms with E-state index in [1.165, 1.54) is 21.8 Å². The Morgan fingerprint density at radius 3 is 2.39 bits per heavy atom. The summed E-state index contributed by atoms with van der Waals surface area (Å²) in [6.07, 6.45) is 1.08. The monoisotopic (exact) mass is 526 g/mol. The molecule has 2 saturated carbocycles. The second-order valence-corrected chi connectivity index (χ2v) is 13.9. The number of imide groups is 1. The molecule has 0 spiro atoms. The standard InChI is InChI=1S/C27H30N2O5S2/c1-27(2,3)13-8-6-12(7-9-13)17-18-14-11-15(21(18)35-23-22(17)36-26(34)28-23)20-19(14)24(32)29(25(20)33)10-4-5-16(30)31/h6-9,14-15,17-21H,4-5,10-11H2,1-3H3,(H,28,34)(H,30,31)/t14-,15+,17+,18+,19+,20+,21-/m0/s1. The molecule has 2 aromatic rings. The second kappa shape index (κ2) is 8.31. The van der Waals surface area contributed by atoms with E-state index in [1.807, 2.05) is 0 Å². The summed E-state index contributed by atoms with van der Waals surface area (Å²) in [4.78, 5) is 55.6. The van der Waals surface area contributed by atoms with Gasteiger partial charge in [0, 0.05) is 29.0 Å². The number of aromatic amines is 1. The molecule has 2 aliphatic carbocycles. The number of carboxylic acids is 1. The minimum absolute atomic E-state index is 0.0177. The molecule has 0 unspecified atom stereocenters. The van der Waals surface area contributed by atoms with Crippen molar-refractivity contribution in [2.45, 2.75) is 61.6 Å². The number of benzene rings is 1. The number of hydrogen-bond acceptors (Lipinski definition) is 6. The maximum atomic E-state index is 13.5. The molecule has 9 heteroatoms. The molecule has 2 N–H and O–H groups in total. The number of carboxylic acid groups (broad SMARTS) is 1. The van der Waals surface area contributed by atoms with E-state index in [0.717, 1.165) is 21.9 Å². The number of amides is 2. The number of carbonyl (C=O) groups excluding carboxylic acids is 2. The Morgan fingerprint density at radius 1 is 1.08 bits per heavy atom. The van der Waals surface area contributed by atoms with Gasteiger partial charge in [0.1, 0.15) is 0 Å². The Hall–Kier alpha value is -2.39. The van der Waals surface area contributed by atoms with Gasteiger partial charge >= 0.3 is 10.8 Å². The van der Waals surface area contributed by atoms with Gasteiger partial charge in [-0.2, -0.15) is 0 Å². The van der Waals surface area contributed by atoms with Gasteiger partial charge in [-0.15, -0.1) is 11.8 Å². The van der Waals surface area contributed by atoms with Gasteiger partial charge in [-0.3, -0.25) is 24.1 Å². The van der Waals surface area contributed by atoms with Gasteiger partial charge in [-0.05, 0) is 47.1 Å². The number of nitrogens with zero attached hydrogens (tertiary/aromatic N) is 1. The van der Waals surface area contributed by atoms with Crippen LogP contribution in [0, 0.1) is 29.6 Å². The molecule has 2 amide bonds. The molecule has 2 bridgehead atoms. The summed E-state index contributed by atoms with van der Waals surface area (Å²) in [6, 6.07) is 8.70. The number of rotatable bonds is 5. The Balaban J connectivity index is 1.36. The minimum Gasteiger partial charge on any atom is -0.481 e. The Kier molecular flexibility index (Phi) is 5.54. The zero-order valence-electron chi connectivity index (χ0n) is 20.5. The van der Waals surface area contributed by atoms with Gasteiger partial charge in [-0.1, -0.05) is 56.4 Å². The first-order valence-electron chi connectivity index (χ1n) is 12.6. The van der Waals surface area contributed by atoms with Crippen LogP contribution in [0.15, 0.2) is 34.1 Å². The number of H-pyrrole nitrogens is 1. The molecule has 6 rings (SSSR count). The number of aliphatic carboxylic acids is 1. The number of thioether (sulfide) groups is 1. The molecule has 0 radical (unpaired) electrons. The maximum Gasteiger partial charge on any atom is 0.305 e. The number of hydrogen-bond donors (Lipinski definition) is 2.